The number of rotatable bonds is 6. The van der Waals surface area contributed by atoms with E-state index >= 15 is 0 Å². The van der Waals surface area contributed by atoms with Crippen LogP contribution in [0, 0.1) is 5.92 Å². The van der Waals surface area contributed by atoms with Crippen LogP contribution < -0.4 is 0 Å². The first-order valence-electron chi connectivity index (χ1n) is 8.50. The maximum Gasteiger partial charge on any atom is 0.243 e. The number of hydrogen-bond donors (Lipinski definition) is 0. The summed E-state index contributed by atoms with van der Waals surface area (Å²) in [6, 6.07) is -0.0503. The Hall–Kier alpha value is -1.47. The molecule has 7 nitrogen and oxygen atoms in total. The molecule has 0 aromatic carbocycles. The third-order valence-electron chi connectivity index (χ3n) is 4.96. The van der Waals surface area contributed by atoms with Gasteiger partial charge in [0.15, 0.2) is 5.82 Å². The molecular weight excluding hydrogens is 296 g/mol. The number of amides is 1. The Kier molecular flexibility index (Phi) is 5.27. The van der Waals surface area contributed by atoms with Crippen molar-refractivity contribution in [2.45, 2.75) is 45.3 Å². The average Bonchev–Trinajstić information content (AvgIpc) is 3.21. The maximum atomic E-state index is 12.4. The predicted octanol–water partition coefficient (Wildman–Crippen LogP) is 1.61. The molecule has 0 N–H and O–H groups in total. The van der Waals surface area contributed by atoms with Gasteiger partial charge in [-0.05, 0) is 25.7 Å². The van der Waals surface area contributed by atoms with Crippen LogP contribution in [0.15, 0.2) is 4.52 Å². The second-order valence-electron chi connectivity index (χ2n) is 6.62. The highest BCUT2D eigenvalue weighted by molar-refractivity contribution is 5.79. The van der Waals surface area contributed by atoms with Crippen LogP contribution in [0.2, 0.25) is 0 Å². The predicted molar refractivity (Wildman–Crippen MR) is 83.5 cm³/mol. The van der Waals surface area contributed by atoms with Crippen molar-refractivity contribution in [3.05, 3.63) is 11.7 Å². The minimum absolute atomic E-state index is 0.0503. The zero-order valence-electron chi connectivity index (χ0n) is 14.0. The monoisotopic (exact) mass is 322 g/mol. The van der Waals surface area contributed by atoms with E-state index in [0.29, 0.717) is 30.8 Å². The Bertz CT molecular complexity index is 527. The zero-order chi connectivity index (χ0) is 16.2. The molecule has 0 unspecified atom stereocenters. The van der Waals surface area contributed by atoms with Crippen molar-refractivity contribution in [2.24, 2.45) is 5.92 Å². The third kappa shape index (κ3) is 3.90. The maximum absolute atomic E-state index is 12.4. The molecule has 2 heterocycles. The van der Waals surface area contributed by atoms with Gasteiger partial charge < -0.3 is 14.2 Å². The largest absolute Gasteiger partial charge is 0.377 e. The van der Waals surface area contributed by atoms with Gasteiger partial charge in [0.2, 0.25) is 11.8 Å². The van der Waals surface area contributed by atoms with E-state index in [1.54, 1.807) is 7.11 Å². The number of ether oxygens (including phenoxy) is 1. The van der Waals surface area contributed by atoms with Gasteiger partial charge in [-0.2, -0.15) is 4.98 Å². The van der Waals surface area contributed by atoms with Gasteiger partial charge in [-0.15, -0.1) is 0 Å². The molecule has 1 aliphatic heterocycles. The van der Waals surface area contributed by atoms with Gasteiger partial charge >= 0.3 is 0 Å². The highest BCUT2D eigenvalue weighted by Crippen LogP contribution is 2.27. The van der Waals surface area contributed by atoms with E-state index < -0.39 is 0 Å². The highest BCUT2D eigenvalue weighted by atomic mass is 16.5. The number of methoxy groups -OCH3 is 1. The average molecular weight is 322 g/mol. The summed E-state index contributed by atoms with van der Waals surface area (Å²) in [5.41, 5.74) is 0. The van der Waals surface area contributed by atoms with Gasteiger partial charge in [0.1, 0.15) is 6.61 Å². The van der Waals surface area contributed by atoms with E-state index in [0.717, 1.165) is 19.6 Å². The van der Waals surface area contributed by atoms with Crippen LogP contribution in [0.4, 0.5) is 0 Å². The van der Waals surface area contributed by atoms with Crippen LogP contribution in [-0.2, 0) is 16.1 Å². The molecule has 1 saturated heterocycles. The summed E-state index contributed by atoms with van der Waals surface area (Å²) in [5.74, 6) is 2.01. The molecule has 2 aliphatic rings. The Morgan fingerprint density at radius 2 is 2.13 bits per heavy atom. The van der Waals surface area contributed by atoms with E-state index in [9.17, 15) is 4.79 Å². The summed E-state index contributed by atoms with van der Waals surface area (Å²) >= 11 is 0. The number of piperazine rings is 1. The van der Waals surface area contributed by atoms with Crippen molar-refractivity contribution >= 4 is 5.91 Å². The summed E-state index contributed by atoms with van der Waals surface area (Å²) < 4.78 is 10.3. The lowest BCUT2D eigenvalue weighted by atomic mass is 10.1. The lowest BCUT2D eigenvalue weighted by Gasteiger charge is -2.37. The van der Waals surface area contributed by atoms with Gasteiger partial charge in [0.05, 0.1) is 12.6 Å². The van der Waals surface area contributed by atoms with Crippen molar-refractivity contribution in [1.82, 2.24) is 19.9 Å². The van der Waals surface area contributed by atoms with Crippen molar-refractivity contribution in [1.29, 1.82) is 0 Å². The summed E-state index contributed by atoms with van der Waals surface area (Å²) in [6.45, 7) is 5.34. The number of hydrogen-bond acceptors (Lipinski definition) is 6. The first kappa shape index (κ1) is 16.4. The summed E-state index contributed by atoms with van der Waals surface area (Å²) in [6.07, 6.45) is 5.18. The molecule has 0 spiro atoms. The van der Waals surface area contributed by atoms with E-state index in [4.69, 9.17) is 9.26 Å². The summed E-state index contributed by atoms with van der Waals surface area (Å²) in [7, 11) is 1.60. The van der Waals surface area contributed by atoms with Gasteiger partial charge in [0.25, 0.3) is 0 Å². The lowest BCUT2D eigenvalue weighted by molar-refractivity contribution is -0.137. The fourth-order valence-electron chi connectivity index (χ4n) is 3.54. The van der Waals surface area contributed by atoms with Gasteiger partial charge in [-0.3, -0.25) is 9.69 Å². The van der Waals surface area contributed by atoms with Crippen LogP contribution in [0.5, 0.6) is 0 Å². The summed E-state index contributed by atoms with van der Waals surface area (Å²) in [4.78, 5) is 20.9. The summed E-state index contributed by atoms with van der Waals surface area (Å²) in [5, 5.41) is 3.89. The zero-order valence-corrected chi connectivity index (χ0v) is 14.0. The topological polar surface area (TPSA) is 71.7 Å². The van der Waals surface area contributed by atoms with E-state index in [2.05, 4.69) is 15.0 Å². The Morgan fingerprint density at radius 1 is 1.35 bits per heavy atom. The quantitative estimate of drug-likeness (QED) is 0.792. The molecule has 0 radical (unpaired) electrons. The highest BCUT2D eigenvalue weighted by Gasteiger charge is 2.31. The van der Waals surface area contributed by atoms with Gasteiger partial charge in [-0.1, -0.05) is 18.0 Å². The fourth-order valence-corrected chi connectivity index (χ4v) is 3.54. The van der Waals surface area contributed by atoms with Crippen molar-refractivity contribution in [2.75, 3.05) is 33.3 Å². The fraction of sp³-hybridized carbons (Fsp3) is 0.812. The smallest absolute Gasteiger partial charge is 0.243 e. The lowest BCUT2D eigenvalue weighted by Crippen LogP contribution is -2.51. The molecule has 1 aliphatic carbocycles. The molecular formula is C16H26N4O3. The third-order valence-corrected chi connectivity index (χ3v) is 4.96. The first-order valence-corrected chi connectivity index (χ1v) is 8.50. The number of nitrogens with zero attached hydrogens (tertiary/aromatic N) is 4. The minimum Gasteiger partial charge on any atom is -0.377 e. The van der Waals surface area contributed by atoms with E-state index in [1.807, 2.05) is 11.8 Å². The molecule has 1 amide bonds. The standard InChI is InChI=1S/C16H26N4O3/c1-12(16-17-14(11-22-2)18-23-16)19-7-8-20(15(21)10-19)9-13-5-3-4-6-13/h12-13H,3-11H2,1-2H3/t12-/m0/s1. The Morgan fingerprint density at radius 3 is 2.83 bits per heavy atom. The molecule has 128 valence electrons. The normalized spacial score (nSPS) is 22.0. The van der Waals surface area contributed by atoms with Crippen LogP contribution in [0.1, 0.15) is 50.4 Å². The van der Waals surface area contributed by atoms with Crippen LogP contribution in [-0.4, -0.2) is 59.1 Å². The molecule has 1 aromatic heterocycles. The number of carbonyl (C=O) groups excluding carboxylic acids is 1. The number of aromatic nitrogens is 2. The second kappa shape index (κ2) is 7.40. The molecule has 2 fully saturated rings. The SMILES string of the molecule is COCc1noc([C@H](C)N2CCN(CC3CCCC3)C(=O)C2)n1. The Labute approximate surface area is 137 Å². The van der Waals surface area contributed by atoms with E-state index in [-0.39, 0.29) is 11.9 Å². The van der Waals surface area contributed by atoms with Gasteiger partial charge in [-0.25, -0.2) is 0 Å². The van der Waals surface area contributed by atoms with Gasteiger partial charge in [0, 0.05) is 26.7 Å². The van der Waals surface area contributed by atoms with Crippen molar-refractivity contribution in [3.63, 3.8) is 0 Å². The van der Waals surface area contributed by atoms with Crippen LogP contribution in [0.25, 0.3) is 0 Å². The molecule has 23 heavy (non-hydrogen) atoms. The molecule has 3 rings (SSSR count). The molecule has 0 bridgehead atoms. The molecule has 1 saturated carbocycles. The first-order chi connectivity index (χ1) is 11.2. The minimum atomic E-state index is -0.0503. The number of carbonyl (C=O) groups is 1. The molecule has 1 atom stereocenters. The van der Waals surface area contributed by atoms with Crippen molar-refractivity contribution < 1.29 is 14.1 Å². The molecule has 7 heteroatoms. The second-order valence-corrected chi connectivity index (χ2v) is 6.62. The van der Waals surface area contributed by atoms with Crippen molar-refractivity contribution in [3.8, 4) is 0 Å². The van der Waals surface area contributed by atoms with E-state index in [1.165, 1.54) is 25.7 Å². The molecule has 1 aromatic rings. The van der Waals surface area contributed by atoms with Crippen LogP contribution >= 0.6 is 0 Å². The van der Waals surface area contributed by atoms with Crippen LogP contribution in [0.3, 0.4) is 0 Å². The Balaban J connectivity index is 1.54.